The second kappa shape index (κ2) is 7.49. The van der Waals surface area contributed by atoms with E-state index in [1.807, 2.05) is 0 Å². The molecule has 18 heavy (non-hydrogen) atoms. The van der Waals surface area contributed by atoms with Gasteiger partial charge < -0.3 is 15.7 Å². The number of amides is 3. The summed E-state index contributed by atoms with van der Waals surface area (Å²) in [6.45, 7) is 0.915. The van der Waals surface area contributed by atoms with Gasteiger partial charge in [-0.1, -0.05) is 6.42 Å². The third-order valence-corrected chi connectivity index (χ3v) is 2.46. The van der Waals surface area contributed by atoms with Gasteiger partial charge in [0, 0.05) is 13.1 Å². The van der Waals surface area contributed by atoms with Crippen LogP contribution in [0.25, 0.3) is 0 Å². The van der Waals surface area contributed by atoms with Crippen molar-refractivity contribution < 1.29 is 19.5 Å². The van der Waals surface area contributed by atoms with Gasteiger partial charge in [-0.15, -0.1) is 0 Å². The zero-order valence-electron chi connectivity index (χ0n) is 10.1. The topological polar surface area (TPSA) is 111 Å². The number of hydrogen-bond donors (Lipinski definition) is 4. The average Bonchev–Trinajstić information content (AvgIpc) is 2.35. The van der Waals surface area contributed by atoms with Crippen LogP contribution in [0, 0.1) is 0 Å². The maximum Gasteiger partial charge on any atom is 0.329 e. The quantitative estimate of drug-likeness (QED) is 0.499. The molecule has 0 aliphatic carbocycles. The predicted molar refractivity (Wildman–Crippen MR) is 62.6 cm³/mol. The van der Waals surface area contributed by atoms with Crippen LogP contribution in [0.3, 0.4) is 0 Å². The van der Waals surface area contributed by atoms with Crippen molar-refractivity contribution in [1.82, 2.24) is 21.1 Å². The molecule has 0 radical (unpaired) electrons. The Morgan fingerprint density at radius 3 is 2.28 bits per heavy atom. The Kier molecular flexibility index (Phi) is 5.92. The van der Waals surface area contributed by atoms with Crippen LogP contribution in [0.15, 0.2) is 0 Å². The highest BCUT2D eigenvalue weighted by Crippen LogP contribution is 2.05. The van der Waals surface area contributed by atoms with Crippen molar-refractivity contribution >= 4 is 17.9 Å². The van der Waals surface area contributed by atoms with E-state index in [2.05, 4.69) is 16.1 Å². The lowest BCUT2D eigenvalue weighted by Gasteiger charge is -2.26. The molecular formula is C10H18N4O4. The molecular weight excluding hydrogens is 240 g/mol. The highest BCUT2D eigenvalue weighted by molar-refractivity contribution is 5.85. The molecule has 1 aliphatic heterocycles. The van der Waals surface area contributed by atoms with Crippen molar-refractivity contribution in [1.29, 1.82) is 0 Å². The summed E-state index contributed by atoms with van der Waals surface area (Å²) in [5.41, 5.74) is 2.63. The molecule has 3 amide bonds. The van der Waals surface area contributed by atoms with E-state index in [9.17, 15) is 14.4 Å². The molecule has 0 bridgehead atoms. The molecule has 4 N–H and O–H groups in total. The van der Waals surface area contributed by atoms with Crippen LogP contribution in [0.4, 0.5) is 4.79 Å². The maximum atomic E-state index is 11.4. The summed E-state index contributed by atoms with van der Waals surface area (Å²) in [6, 6.07) is -0.456. The van der Waals surface area contributed by atoms with E-state index in [4.69, 9.17) is 5.11 Å². The SMILES string of the molecule is O=C(O)CNC(=O)CNC(=O)NN1CCCCC1. The molecule has 0 aromatic heterocycles. The summed E-state index contributed by atoms with van der Waals surface area (Å²) >= 11 is 0. The molecule has 8 nitrogen and oxygen atoms in total. The normalized spacial score (nSPS) is 15.8. The molecule has 0 saturated carbocycles. The number of nitrogens with one attached hydrogen (secondary N) is 3. The Hall–Kier alpha value is -1.83. The summed E-state index contributed by atoms with van der Waals surface area (Å²) in [6.07, 6.45) is 3.25. The van der Waals surface area contributed by atoms with Gasteiger partial charge in [0.25, 0.3) is 0 Å². The lowest BCUT2D eigenvalue weighted by Crippen LogP contribution is -2.51. The first kappa shape index (κ1) is 14.2. The van der Waals surface area contributed by atoms with Crippen molar-refractivity contribution in [3.63, 3.8) is 0 Å². The summed E-state index contributed by atoms with van der Waals surface area (Å²) in [5, 5.41) is 14.6. The molecule has 0 unspecified atom stereocenters. The van der Waals surface area contributed by atoms with Gasteiger partial charge in [-0.05, 0) is 12.8 Å². The van der Waals surface area contributed by atoms with Gasteiger partial charge in [-0.25, -0.2) is 9.80 Å². The Bertz CT molecular complexity index is 315. The number of rotatable bonds is 5. The van der Waals surface area contributed by atoms with Gasteiger partial charge >= 0.3 is 12.0 Å². The van der Waals surface area contributed by atoms with E-state index >= 15 is 0 Å². The molecule has 0 aromatic rings. The molecule has 1 saturated heterocycles. The van der Waals surface area contributed by atoms with Crippen molar-refractivity contribution in [2.24, 2.45) is 0 Å². The van der Waals surface area contributed by atoms with Gasteiger partial charge in [0.15, 0.2) is 0 Å². The molecule has 0 spiro atoms. The number of nitrogens with zero attached hydrogens (tertiary/aromatic N) is 1. The number of aliphatic carboxylic acids is 1. The van der Waals surface area contributed by atoms with Crippen LogP contribution in [0.2, 0.25) is 0 Å². The van der Waals surface area contributed by atoms with Crippen molar-refractivity contribution in [3.05, 3.63) is 0 Å². The van der Waals surface area contributed by atoms with Crippen molar-refractivity contribution in [2.75, 3.05) is 26.2 Å². The monoisotopic (exact) mass is 258 g/mol. The third kappa shape index (κ3) is 6.04. The van der Waals surface area contributed by atoms with Crippen LogP contribution in [0.1, 0.15) is 19.3 Å². The number of carbonyl (C=O) groups excluding carboxylic acids is 2. The largest absolute Gasteiger partial charge is 0.480 e. The minimum atomic E-state index is -1.12. The zero-order valence-corrected chi connectivity index (χ0v) is 10.1. The van der Waals surface area contributed by atoms with Crippen LogP contribution in [0.5, 0.6) is 0 Å². The zero-order chi connectivity index (χ0) is 13.4. The number of piperidine rings is 1. The van der Waals surface area contributed by atoms with E-state index in [-0.39, 0.29) is 6.54 Å². The van der Waals surface area contributed by atoms with Gasteiger partial charge in [0.2, 0.25) is 5.91 Å². The molecule has 1 heterocycles. The molecule has 0 aromatic carbocycles. The molecule has 0 atom stereocenters. The first-order valence-corrected chi connectivity index (χ1v) is 5.86. The van der Waals surface area contributed by atoms with Gasteiger partial charge in [-0.2, -0.15) is 0 Å². The first-order chi connectivity index (χ1) is 8.58. The molecule has 102 valence electrons. The second-order valence-corrected chi connectivity index (χ2v) is 4.01. The number of carboxylic acid groups (broad SMARTS) is 1. The van der Waals surface area contributed by atoms with E-state index in [1.54, 1.807) is 5.01 Å². The van der Waals surface area contributed by atoms with Crippen molar-refractivity contribution in [2.45, 2.75) is 19.3 Å². The van der Waals surface area contributed by atoms with E-state index in [0.29, 0.717) is 0 Å². The van der Waals surface area contributed by atoms with Crippen LogP contribution in [-0.4, -0.2) is 54.2 Å². The first-order valence-electron chi connectivity index (χ1n) is 5.86. The number of hydrazine groups is 1. The standard InChI is InChI=1S/C10H18N4O4/c15-8(11-7-9(16)17)6-12-10(18)13-14-4-2-1-3-5-14/h1-7H2,(H,11,15)(H,16,17)(H2,12,13,18). The molecule has 1 aliphatic rings. The van der Waals surface area contributed by atoms with Gasteiger partial charge in [0.1, 0.15) is 6.54 Å². The number of urea groups is 1. The summed E-state index contributed by atoms with van der Waals surface area (Å²) in [4.78, 5) is 32.7. The lowest BCUT2D eigenvalue weighted by molar-refractivity contribution is -0.137. The fourth-order valence-corrected chi connectivity index (χ4v) is 1.59. The highest BCUT2D eigenvalue weighted by atomic mass is 16.4. The molecule has 1 rings (SSSR count). The van der Waals surface area contributed by atoms with E-state index < -0.39 is 24.5 Å². The number of carbonyl (C=O) groups is 3. The Morgan fingerprint density at radius 2 is 1.67 bits per heavy atom. The highest BCUT2D eigenvalue weighted by Gasteiger charge is 2.13. The molecule has 1 fully saturated rings. The Morgan fingerprint density at radius 1 is 1.00 bits per heavy atom. The Balaban J connectivity index is 2.12. The average molecular weight is 258 g/mol. The number of carboxylic acids is 1. The minimum Gasteiger partial charge on any atom is -0.480 e. The van der Waals surface area contributed by atoms with E-state index in [1.165, 1.54) is 0 Å². The lowest BCUT2D eigenvalue weighted by atomic mass is 10.2. The fraction of sp³-hybridized carbons (Fsp3) is 0.700. The smallest absolute Gasteiger partial charge is 0.329 e. The molecule has 8 heteroatoms. The van der Waals surface area contributed by atoms with Crippen molar-refractivity contribution in [3.8, 4) is 0 Å². The second-order valence-electron chi connectivity index (χ2n) is 4.01. The summed E-state index contributed by atoms with van der Waals surface area (Å²) in [5.74, 6) is -1.66. The number of hydrogen-bond acceptors (Lipinski definition) is 4. The van der Waals surface area contributed by atoms with Gasteiger partial charge in [0.05, 0.1) is 6.54 Å². The summed E-state index contributed by atoms with van der Waals surface area (Å²) < 4.78 is 0. The third-order valence-electron chi connectivity index (χ3n) is 2.46. The summed E-state index contributed by atoms with van der Waals surface area (Å²) in [7, 11) is 0. The fourth-order valence-electron chi connectivity index (χ4n) is 1.59. The van der Waals surface area contributed by atoms with Crippen LogP contribution >= 0.6 is 0 Å². The minimum absolute atomic E-state index is 0.243. The van der Waals surface area contributed by atoms with E-state index in [0.717, 1.165) is 32.4 Å². The Labute approximate surface area is 105 Å². The van der Waals surface area contributed by atoms with Crippen LogP contribution < -0.4 is 16.1 Å². The van der Waals surface area contributed by atoms with Crippen LogP contribution in [-0.2, 0) is 9.59 Å². The predicted octanol–water partition coefficient (Wildman–Crippen LogP) is -1.11. The maximum absolute atomic E-state index is 11.4. The van der Waals surface area contributed by atoms with Gasteiger partial charge in [-0.3, -0.25) is 15.0 Å².